The summed E-state index contributed by atoms with van der Waals surface area (Å²) in [5.74, 6) is -0.685. The second kappa shape index (κ2) is 7.64. The van der Waals surface area contributed by atoms with Crippen LogP contribution in [0.15, 0.2) is 24.3 Å². The molecule has 25 heavy (non-hydrogen) atoms. The minimum absolute atomic E-state index is 0.169. The Kier molecular flexibility index (Phi) is 6.50. The fourth-order valence-corrected chi connectivity index (χ4v) is 2.30. The van der Waals surface area contributed by atoms with Crippen molar-refractivity contribution in [1.82, 2.24) is 0 Å². The Bertz CT molecular complexity index is 594. The van der Waals surface area contributed by atoms with Crippen molar-refractivity contribution in [2.24, 2.45) is 5.73 Å². The monoisotopic (exact) mass is 361 g/mol. The molecule has 0 saturated carbocycles. The minimum Gasteiger partial charge on any atom is -0.491 e. The van der Waals surface area contributed by atoms with Crippen molar-refractivity contribution >= 4 is 5.97 Å². The molecule has 0 spiro atoms. The SMILES string of the molecule is CC(C)Oc1ccccc1C[C@](N)(CC(F)(F)F)C(=O)OC(C)(C)C. The van der Waals surface area contributed by atoms with Crippen molar-refractivity contribution in [2.75, 3.05) is 0 Å². The van der Waals surface area contributed by atoms with Crippen molar-refractivity contribution in [3.8, 4) is 5.75 Å². The van der Waals surface area contributed by atoms with Gasteiger partial charge in [-0.15, -0.1) is 0 Å². The van der Waals surface area contributed by atoms with E-state index >= 15 is 0 Å². The van der Waals surface area contributed by atoms with E-state index in [9.17, 15) is 18.0 Å². The number of benzene rings is 1. The number of nitrogens with two attached hydrogens (primary N) is 1. The highest BCUT2D eigenvalue weighted by Gasteiger charge is 2.47. The summed E-state index contributed by atoms with van der Waals surface area (Å²) in [6.45, 7) is 8.34. The number of esters is 1. The number of para-hydroxylation sites is 1. The fourth-order valence-electron chi connectivity index (χ4n) is 2.30. The first-order valence-corrected chi connectivity index (χ1v) is 8.05. The molecule has 2 N–H and O–H groups in total. The number of hydrogen-bond acceptors (Lipinski definition) is 4. The van der Waals surface area contributed by atoms with E-state index in [0.717, 1.165) is 0 Å². The molecular formula is C18H26F3NO3. The predicted molar refractivity (Wildman–Crippen MR) is 89.3 cm³/mol. The highest BCUT2D eigenvalue weighted by atomic mass is 19.4. The number of rotatable bonds is 6. The Morgan fingerprint density at radius 1 is 1.16 bits per heavy atom. The molecule has 142 valence electrons. The summed E-state index contributed by atoms with van der Waals surface area (Å²) in [7, 11) is 0. The molecule has 0 aliphatic heterocycles. The van der Waals surface area contributed by atoms with Gasteiger partial charge < -0.3 is 15.2 Å². The van der Waals surface area contributed by atoms with Gasteiger partial charge in [0.1, 0.15) is 16.9 Å². The molecule has 0 amide bonds. The molecule has 0 heterocycles. The molecule has 0 bridgehead atoms. The van der Waals surface area contributed by atoms with Crippen molar-refractivity contribution in [3.05, 3.63) is 29.8 Å². The van der Waals surface area contributed by atoms with Crippen LogP contribution in [0.4, 0.5) is 13.2 Å². The summed E-state index contributed by atoms with van der Waals surface area (Å²) in [5.41, 5.74) is 3.16. The smallest absolute Gasteiger partial charge is 0.391 e. The fraction of sp³-hybridized carbons (Fsp3) is 0.611. The van der Waals surface area contributed by atoms with Gasteiger partial charge >= 0.3 is 12.1 Å². The highest BCUT2D eigenvalue weighted by Crippen LogP contribution is 2.33. The van der Waals surface area contributed by atoms with Crippen LogP contribution in [-0.2, 0) is 16.0 Å². The summed E-state index contributed by atoms with van der Waals surface area (Å²) in [5, 5.41) is 0. The summed E-state index contributed by atoms with van der Waals surface area (Å²) < 4.78 is 49.9. The van der Waals surface area contributed by atoms with Crippen LogP contribution in [0, 0.1) is 0 Å². The molecule has 0 aliphatic rings. The molecule has 0 unspecified atom stereocenters. The lowest BCUT2D eigenvalue weighted by Crippen LogP contribution is -2.55. The maximum Gasteiger partial charge on any atom is 0.391 e. The third-order valence-electron chi connectivity index (χ3n) is 3.16. The first-order valence-electron chi connectivity index (χ1n) is 8.05. The van der Waals surface area contributed by atoms with Crippen LogP contribution in [-0.4, -0.2) is 29.4 Å². The van der Waals surface area contributed by atoms with Crippen LogP contribution in [0.5, 0.6) is 5.75 Å². The second-order valence-electron chi connectivity index (χ2n) is 7.40. The topological polar surface area (TPSA) is 61.5 Å². The summed E-state index contributed by atoms with van der Waals surface area (Å²) in [6.07, 6.45) is -6.60. The van der Waals surface area contributed by atoms with Crippen LogP contribution >= 0.6 is 0 Å². The van der Waals surface area contributed by atoms with Crippen molar-refractivity contribution in [3.63, 3.8) is 0 Å². The van der Waals surface area contributed by atoms with E-state index in [4.69, 9.17) is 15.2 Å². The molecule has 7 heteroatoms. The predicted octanol–water partition coefficient (Wildman–Crippen LogP) is 4.01. The van der Waals surface area contributed by atoms with E-state index in [1.54, 1.807) is 58.9 Å². The zero-order valence-corrected chi connectivity index (χ0v) is 15.2. The van der Waals surface area contributed by atoms with Crippen LogP contribution < -0.4 is 10.5 Å². The zero-order chi connectivity index (χ0) is 19.5. The lowest BCUT2D eigenvalue weighted by Gasteiger charge is -2.32. The highest BCUT2D eigenvalue weighted by molar-refractivity contribution is 5.81. The van der Waals surface area contributed by atoms with Gasteiger partial charge in [-0.1, -0.05) is 18.2 Å². The maximum absolute atomic E-state index is 13.0. The number of hydrogen-bond donors (Lipinski definition) is 1. The van der Waals surface area contributed by atoms with E-state index in [2.05, 4.69) is 0 Å². The molecule has 1 atom stereocenters. The van der Waals surface area contributed by atoms with E-state index < -0.39 is 29.7 Å². The zero-order valence-electron chi connectivity index (χ0n) is 15.2. The van der Waals surface area contributed by atoms with Gasteiger partial charge in [0.15, 0.2) is 0 Å². The van der Waals surface area contributed by atoms with Crippen LogP contribution in [0.3, 0.4) is 0 Å². The first-order chi connectivity index (χ1) is 11.2. The van der Waals surface area contributed by atoms with Gasteiger partial charge in [-0.05, 0) is 46.2 Å². The standard InChI is InChI=1S/C18H26F3NO3/c1-12(2)24-14-9-7-6-8-13(14)10-17(22,11-18(19,20)21)15(23)25-16(3,4)5/h6-9,12H,10-11,22H2,1-5H3/t17-/m0/s1. The van der Waals surface area contributed by atoms with Gasteiger partial charge in [0.05, 0.1) is 12.5 Å². The maximum atomic E-state index is 13.0. The van der Waals surface area contributed by atoms with E-state index in [1.165, 1.54) is 0 Å². The normalized spacial score (nSPS) is 15.0. The lowest BCUT2D eigenvalue weighted by atomic mass is 9.87. The average Bonchev–Trinajstić information content (AvgIpc) is 2.36. The molecule has 1 aromatic rings. The Balaban J connectivity index is 3.20. The molecule has 0 radical (unpaired) electrons. The van der Waals surface area contributed by atoms with Crippen LogP contribution in [0.2, 0.25) is 0 Å². The van der Waals surface area contributed by atoms with Gasteiger partial charge in [-0.3, -0.25) is 4.79 Å². The molecule has 1 aromatic carbocycles. The molecule has 0 aliphatic carbocycles. The molecule has 0 saturated heterocycles. The van der Waals surface area contributed by atoms with Gasteiger partial charge in [-0.2, -0.15) is 13.2 Å². The Morgan fingerprint density at radius 2 is 1.72 bits per heavy atom. The minimum atomic E-state index is -4.61. The van der Waals surface area contributed by atoms with Gasteiger partial charge in [0.2, 0.25) is 0 Å². The Labute approximate surface area is 146 Å². The first kappa shape index (κ1) is 21.3. The van der Waals surface area contributed by atoms with Gasteiger partial charge in [-0.25, -0.2) is 0 Å². The third kappa shape index (κ3) is 7.34. The Hall–Kier alpha value is -1.76. The van der Waals surface area contributed by atoms with E-state index in [-0.39, 0.29) is 12.5 Å². The molecule has 0 aromatic heterocycles. The summed E-state index contributed by atoms with van der Waals surface area (Å²) >= 11 is 0. The summed E-state index contributed by atoms with van der Waals surface area (Å²) in [6, 6.07) is 6.60. The molecule has 0 fully saturated rings. The van der Waals surface area contributed by atoms with Gasteiger partial charge in [0, 0.05) is 6.42 Å². The third-order valence-corrected chi connectivity index (χ3v) is 3.16. The van der Waals surface area contributed by atoms with Gasteiger partial charge in [0.25, 0.3) is 0 Å². The van der Waals surface area contributed by atoms with Crippen molar-refractivity contribution in [2.45, 2.75) is 70.9 Å². The number of alkyl halides is 3. The largest absolute Gasteiger partial charge is 0.491 e. The van der Waals surface area contributed by atoms with Crippen molar-refractivity contribution < 1.29 is 27.4 Å². The lowest BCUT2D eigenvalue weighted by molar-refractivity contribution is -0.179. The summed E-state index contributed by atoms with van der Waals surface area (Å²) in [4.78, 5) is 12.4. The quantitative estimate of drug-likeness (QED) is 0.778. The van der Waals surface area contributed by atoms with E-state index in [0.29, 0.717) is 11.3 Å². The number of carbonyl (C=O) groups is 1. The Morgan fingerprint density at radius 3 is 2.20 bits per heavy atom. The average molecular weight is 361 g/mol. The number of carbonyl (C=O) groups excluding carboxylic acids is 1. The van der Waals surface area contributed by atoms with E-state index in [1.807, 2.05) is 0 Å². The number of ether oxygens (including phenoxy) is 2. The van der Waals surface area contributed by atoms with Crippen LogP contribution in [0.25, 0.3) is 0 Å². The second-order valence-corrected chi connectivity index (χ2v) is 7.40. The molecular weight excluding hydrogens is 335 g/mol. The van der Waals surface area contributed by atoms with Crippen molar-refractivity contribution in [1.29, 1.82) is 0 Å². The molecule has 1 rings (SSSR count). The number of halogens is 3. The molecule has 4 nitrogen and oxygen atoms in total. The van der Waals surface area contributed by atoms with Crippen LogP contribution in [0.1, 0.15) is 46.6 Å².